The summed E-state index contributed by atoms with van der Waals surface area (Å²) in [6, 6.07) is 31.0. The minimum Gasteiger partial charge on any atom is -0.478 e. The van der Waals surface area contributed by atoms with E-state index in [1.165, 1.54) is 0 Å². The Bertz CT molecular complexity index is 1510. The zero-order valence-corrected chi connectivity index (χ0v) is 32.8. The lowest BCUT2D eigenvalue weighted by Crippen LogP contribution is -2.69. The Labute approximate surface area is 305 Å². The van der Waals surface area contributed by atoms with Crippen LogP contribution in [0.25, 0.3) is 0 Å². The fraction of sp³-hybridized carbons (Fsp3) is 0.405. The quantitative estimate of drug-likeness (QED) is 0.0559. The highest BCUT2D eigenvalue weighted by Crippen LogP contribution is 2.40. The average Bonchev–Trinajstić information content (AvgIpc) is 3.12. The molecule has 0 fully saturated rings. The summed E-state index contributed by atoms with van der Waals surface area (Å²) in [5.41, 5.74) is 3.05. The molecule has 0 aliphatic rings. The summed E-state index contributed by atoms with van der Waals surface area (Å²) in [6.45, 7) is 14.5. The molecule has 0 saturated heterocycles. The SMILES string of the molecule is C/C=C(/C)[C@H](O)C/C=C(\C)[C@@H](O[Si](c1ccccc1)(c1ccccc1)C(C)(C)C)[C@H](OCc1ccccc1)C(C/C=C(/C)C(=O)O)OCSC. The zero-order chi connectivity index (χ0) is 36.7. The van der Waals surface area contributed by atoms with E-state index in [4.69, 9.17) is 13.9 Å². The molecular weight excluding hydrogens is 661 g/mol. The molecule has 8 heteroatoms. The summed E-state index contributed by atoms with van der Waals surface area (Å²) >= 11 is 1.55. The number of allylic oxidation sites excluding steroid dienone is 1. The van der Waals surface area contributed by atoms with Gasteiger partial charge in [0, 0.05) is 5.57 Å². The van der Waals surface area contributed by atoms with Gasteiger partial charge >= 0.3 is 5.97 Å². The van der Waals surface area contributed by atoms with Crippen molar-refractivity contribution in [2.24, 2.45) is 0 Å². The molecule has 1 unspecified atom stereocenters. The van der Waals surface area contributed by atoms with Crippen LogP contribution in [-0.2, 0) is 25.3 Å². The number of thioether (sulfide) groups is 1. The van der Waals surface area contributed by atoms with Crippen LogP contribution in [0.3, 0.4) is 0 Å². The van der Waals surface area contributed by atoms with Crippen LogP contribution in [0.1, 0.15) is 66.9 Å². The first-order chi connectivity index (χ1) is 23.8. The largest absolute Gasteiger partial charge is 0.478 e. The summed E-state index contributed by atoms with van der Waals surface area (Å²) < 4.78 is 21.3. The summed E-state index contributed by atoms with van der Waals surface area (Å²) in [4.78, 5) is 11.9. The Hall–Kier alpha value is -3.24. The monoisotopic (exact) mass is 716 g/mol. The fourth-order valence-corrected chi connectivity index (χ4v) is 11.1. The van der Waals surface area contributed by atoms with E-state index >= 15 is 0 Å². The number of benzene rings is 3. The normalized spacial score (nSPS) is 15.7. The molecule has 0 saturated carbocycles. The van der Waals surface area contributed by atoms with Gasteiger partial charge in [-0.1, -0.05) is 130 Å². The maximum atomic E-state index is 11.9. The van der Waals surface area contributed by atoms with Crippen LogP contribution in [-0.4, -0.2) is 61.1 Å². The predicted octanol–water partition coefficient (Wildman–Crippen LogP) is 8.31. The standard InChI is InChI=1S/C42H56O6SSi/c1-9-31(2)37(43)27-25-32(3)39(48-50(42(5,6)7,35-21-15-11-16-22-35)36-23-17-12-18-24-36)40(46-29-34-19-13-10-14-20-34)38(47-30-49-8)28-26-33(4)41(44)45/h9-26,37-40,43H,27-30H2,1-8H3,(H,44,45)/b31-9-,32-25+,33-26-/t37-,38?,39-,40-/m1/s1. The lowest BCUT2D eigenvalue weighted by atomic mass is 9.96. The lowest BCUT2D eigenvalue weighted by molar-refractivity contribution is -0.132. The van der Waals surface area contributed by atoms with E-state index in [1.54, 1.807) is 24.8 Å². The zero-order valence-electron chi connectivity index (χ0n) is 31.0. The van der Waals surface area contributed by atoms with Crippen LogP contribution in [0.15, 0.2) is 126 Å². The van der Waals surface area contributed by atoms with Crippen molar-refractivity contribution in [3.63, 3.8) is 0 Å². The fourth-order valence-electron chi connectivity index (χ4n) is 6.08. The highest BCUT2D eigenvalue weighted by atomic mass is 32.2. The van der Waals surface area contributed by atoms with E-state index in [1.807, 2.05) is 75.6 Å². The van der Waals surface area contributed by atoms with Crippen molar-refractivity contribution in [2.75, 3.05) is 12.2 Å². The molecule has 6 nitrogen and oxygen atoms in total. The number of ether oxygens (including phenoxy) is 2. The van der Waals surface area contributed by atoms with Gasteiger partial charge in [-0.15, -0.1) is 11.8 Å². The van der Waals surface area contributed by atoms with E-state index in [-0.39, 0.29) is 10.6 Å². The molecule has 0 aliphatic carbocycles. The van der Waals surface area contributed by atoms with Gasteiger partial charge in [-0.2, -0.15) is 0 Å². The second kappa shape index (κ2) is 20.0. The Morgan fingerprint density at radius 3 is 1.84 bits per heavy atom. The highest BCUT2D eigenvalue weighted by Gasteiger charge is 2.53. The second-order valence-electron chi connectivity index (χ2n) is 13.7. The molecule has 0 amide bonds. The predicted molar refractivity (Wildman–Crippen MR) is 211 cm³/mol. The van der Waals surface area contributed by atoms with E-state index in [0.717, 1.165) is 27.1 Å². The topological polar surface area (TPSA) is 85.2 Å². The van der Waals surface area contributed by atoms with Crippen molar-refractivity contribution >= 4 is 36.4 Å². The third-order valence-electron chi connectivity index (χ3n) is 9.16. The van der Waals surface area contributed by atoms with Crippen molar-refractivity contribution in [1.29, 1.82) is 0 Å². The van der Waals surface area contributed by atoms with E-state index in [9.17, 15) is 15.0 Å². The molecular formula is C42H56O6SSi. The lowest BCUT2D eigenvalue weighted by Gasteiger charge is -2.47. The van der Waals surface area contributed by atoms with E-state index in [2.05, 4.69) is 75.4 Å². The van der Waals surface area contributed by atoms with Crippen LogP contribution >= 0.6 is 11.8 Å². The van der Waals surface area contributed by atoms with Crippen molar-refractivity contribution in [2.45, 2.75) is 97.4 Å². The maximum absolute atomic E-state index is 11.9. The first-order valence-electron chi connectivity index (χ1n) is 17.3. The summed E-state index contributed by atoms with van der Waals surface area (Å²) in [6.07, 6.45) is 5.95. The summed E-state index contributed by atoms with van der Waals surface area (Å²) in [5.74, 6) is -0.580. The Kier molecular flexibility index (Phi) is 16.4. The molecule has 0 bridgehead atoms. The Morgan fingerprint density at radius 2 is 1.36 bits per heavy atom. The first-order valence-corrected chi connectivity index (χ1v) is 20.6. The highest BCUT2D eigenvalue weighted by molar-refractivity contribution is 7.98. The van der Waals surface area contributed by atoms with Crippen LogP contribution < -0.4 is 10.4 Å². The number of rotatable bonds is 19. The van der Waals surface area contributed by atoms with E-state index < -0.39 is 38.7 Å². The van der Waals surface area contributed by atoms with Crippen molar-refractivity contribution < 1.29 is 28.9 Å². The van der Waals surface area contributed by atoms with Gasteiger partial charge in [0.25, 0.3) is 8.32 Å². The van der Waals surface area contributed by atoms with Crippen LogP contribution in [0.2, 0.25) is 5.04 Å². The van der Waals surface area contributed by atoms with Gasteiger partial charge in [-0.25, -0.2) is 4.79 Å². The van der Waals surface area contributed by atoms with Crippen molar-refractivity contribution in [3.05, 3.63) is 132 Å². The van der Waals surface area contributed by atoms with Crippen molar-refractivity contribution in [3.8, 4) is 0 Å². The number of aliphatic hydroxyl groups excluding tert-OH is 1. The molecule has 0 radical (unpaired) electrons. The molecule has 0 spiro atoms. The molecule has 0 heterocycles. The minimum absolute atomic E-state index is 0.242. The summed E-state index contributed by atoms with van der Waals surface area (Å²) in [7, 11) is -3.14. The number of carboxylic acid groups (broad SMARTS) is 1. The Balaban J connectivity index is 2.34. The molecule has 3 aromatic rings. The third kappa shape index (κ3) is 11.1. The van der Waals surface area contributed by atoms with Gasteiger partial charge in [0.2, 0.25) is 0 Å². The summed E-state index contributed by atoms with van der Waals surface area (Å²) in [5, 5.41) is 22.7. The molecule has 3 aromatic carbocycles. The van der Waals surface area contributed by atoms with E-state index in [0.29, 0.717) is 25.4 Å². The van der Waals surface area contributed by atoms with Gasteiger partial charge in [-0.05, 0) is 78.9 Å². The first kappa shape index (κ1) is 41.2. The number of hydrogen-bond donors (Lipinski definition) is 2. The van der Waals surface area contributed by atoms with Crippen molar-refractivity contribution in [1.82, 2.24) is 0 Å². The molecule has 0 aliphatic heterocycles. The average molecular weight is 717 g/mol. The Morgan fingerprint density at radius 1 is 0.820 bits per heavy atom. The number of aliphatic carboxylic acids is 1. The van der Waals surface area contributed by atoms with Gasteiger partial charge in [-0.3, -0.25) is 0 Å². The van der Waals surface area contributed by atoms with Gasteiger partial charge in [0.15, 0.2) is 0 Å². The van der Waals surface area contributed by atoms with Crippen LogP contribution in [0, 0.1) is 0 Å². The molecule has 270 valence electrons. The smallest absolute Gasteiger partial charge is 0.330 e. The number of hydrogen-bond acceptors (Lipinski definition) is 6. The van der Waals surface area contributed by atoms with Crippen LogP contribution in [0.5, 0.6) is 0 Å². The van der Waals surface area contributed by atoms with Crippen LogP contribution in [0.4, 0.5) is 0 Å². The molecule has 0 aromatic heterocycles. The maximum Gasteiger partial charge on any atom is 0.330 e. The number of carboxylic acids is 1. The number of aliphatic hydroxyl groups is 1. The minimum atomic E-state index is -3.14. The molecule has 2 N–H and O–H groups in total. The molecule has 50 heavy (non-hydrogen) atoms. The van der Waals surface area contributed by atoms with Gasteiger partial charge in [0.05, 0.1) is 30.9 Å². The molecule has 3 rings (SSSR count). The number of carbonyl (C=O) groups is 1. The molecule has 4 atom stereocenters. The van der Waals surface area contributed by atoms with Gasteiger partial charge < -0.3 is 24.1 Å². The second-order valence-corrected chi connectivity index (χ2v) is 18.8. The third-order valence-corrected chi connectivity index (χ3v) is 14.5. The van der Waals surface area contributed by atoms with Gasteiger partial charge in [0.1, 0.15) is 6.10 Å².